The summed E-state index contributed by atoms with van der Waals surface area (Å²) in [5, 5.41) is 9.55. The van der Waals surface area contributed by atoms with E-state index in [0.717, 1.165) is 5.56 Å². The van der Waals surface area contributed by atoms with Gasteiger partial charge in [-0.2, -0.15) is 0 Å². The van der Waals surface area contributed by atoms with E-state index in [1.165, 1.54) is 11.0 Å². The second kappa shape index (κ2) is 4.91. The van der Waals surface area contributed by atoms with Gasteiger partial charge in [-0.15, -0.1) is 0 Å². The quantitative estimate of drug-likeness (QED) is 0.864. The van der Waals surface area contributed by atoms with Crippen molar-refractivity contribution < 1.29 is 19.4 Å². The van der Waals surface area contributed by atoms with E-state index in [4.69, 9.17) is 4.74 Å². The summed E-state index contributed by atoms with van der Waals surface area (Å²) in [7, 11) is 0. The maximum absolute atomic E-state index is 12.3. The lowest BCUT2D eigenvalue weighted by Crippen LogP contribution is -2.54. The van der Waals surface area contributed by atoms with Crippen molar-refractivity contribution in [1.82, 2.24) is 4.90 Å². The van der Waals surface area contributed by atoms with E-state index < -0.39 is 17.6 Å². The molecule has 2 aliphatic heterocycles. The Morgan fingerprint density at radius 3 is 2.62 bits per heavy atom. The van der Waals surface area contributed by atoms with Crippen LogP contribution in [0.2, 0.25) is 0 Å². The van der Waals surface area contributed by atoms with Crippen LogP contribution in [0.4, 0.5) is 4.79 Å². The Kier molecular flexibility index (Phi) is 3.20. The third-order valence-electron chi connectivity index (χ3n) is 4.45. The van der Waals surface area contributed by atoms with Crippen LogP contribution in [0.3, 0.4) is 0 Å². The number of carboxylic acid groups (broad SMARTS) is 1. The minimum atomic E-state index is -1.11. The van der Waals surface area contributed by atoms with Crippen molar-refractivity contribution in [2.24, 2.45) is 5.92 Å². The van der Waals surface area contributed by atoms with E-state index in [0.29, 0.717) is 12.8 Å². The number of rotatable bonds is 4. The van der Waals surface area contributed by atoms with Gasteiger partial charge >= 0.3 is 12.1 Å². The first-order valence-electron chi connectivity index (χ1n) is 6.95. The average Bonchev–Trinajstić information content (AvgIpc) is 2.96. The molecule has 3 fully saturated rings. The Balaban J connectivity index is 1.95. The molecule has 2 bridgehead atoms. The van der Waals surface area contributed by atoms with Crippen LogP contribution in [0.15, 0.2) is 43.0 Å². The molecule has 1 amide bonds. The number of ether oxygens (including phenoxy) is 1. The van der Waals surface area contributed by atoms with Gasteiger partial charge in [-0.3, -0.25) is 4.90 Å². The van der Waals surface area contributed by atoms with E-state index in [2.05, 4.69) is 6.58 Å². The fourth-order valence-corrected chi connectivity index (χ4v) is 3.54. The van der Waals surface area contributed by atoms with Crippen LogP contribution in [0, 0.1) is 5.92 Å². The lowest BCUT2D eigenvalue weighted by molar-refractivity contribution is -0.151. The normalized spacial score (nSPS) is 29.6. The molecule has 3 aliphatic rings. The third kappa shape index (κ3) is 1.92. The zero-order valence-electron chi connectivity index (χ0n) is 11.6. The molecular formula is C16H17NO4. The minimum Gasteiger partial charge on any atom is -0.479 e. The number of carboxylic acids is 1. The molecule has 4 rings (SSSR count). The molecule has 0 radical (unpaired) electrons. The highest BCUT2D eigenvalue weighted by atomic mass is 16.6. The van der Waals surface area contributed by atoms with Crippen LogP contribution in [0.25, 0.3) is 0 Å². The fourth-order valence-electron chi connectivity index (χ4n) is 3.54. The number of aliphatic carboxylic acids is 1. The van der Waals surface area contributed by atoms with Gasteiger partial charge in [-0.05, 0) is 24.3 Å². The lowest BCUT2D eigenvalue weighted by atomic mass is 9.71. The summed E-state index contributed by atoms with van der Waals surface area (Å²) >= 11 is 0. The van der Waals surface area contributed by atoms with Crippen LogP contribution in [0.5, 0.6) is 0 Å². The van der Waals surface area contributed by atoms with Crippen LogP contribution in [0.1, 0.15) is 24.4 Å². The summed E-state index contributed by atoms with van der Waals surface area (Å²) in [4.78, 5) is 25.4. The molecule has 1 atom stereocenters. The van der Waals surface area contributed by atoms with Crippen LogP contribution in [-0.2, 0) is 9.53 Å². The van der Waals surface area contributed by atoms with Gasteiger partial charge in [0.2, 0.25) is 0 Å². The predicted molar refractivity (Wildman–Crippen MR) is 75.7 cm³/mol. The van der Waals surface area contributed by atoms with Crippen LogP contribution in [-0.4, -0.2) is 34.2 Å². The zero-order chi connectivity index (χ0) is 15.0. The summed E-state index contributed by atoms with van der Waals surface area (Å²) < 4.78 is 5.10. The van der Waals surface area contributed by atoms with Crippen LogP contribution >= 0.6 is 0 Å². The van der Waals surface area contributed by atoms with Gasteiger partial charge in [0.25, 0.3) is 0 Å². The number of hydrogen-bond donors (Lipinski definition) is 1. The first-order chi connectivity index (χ1) is 10.1. The molecule has 1 aliphatic carbocycles. The average molecular weight is 287 g/mol. The van der Waals surface area contributed by atoms with Crippen molar-refractivity contribution >= 4 is 12.1 Å². The number of carbonyl (C=O) groups excluding carboxylic acids is 1. The Morgan fingerprint density at radius 1 is 1.38 bits per heavy atom. The molecule has 0 spiro atoms. The number of nitrogens with zero attached hydrogens (tertiary/aromatic N) is 1. The molecule has 110 valence electrons. The van der Waals surface area contributed by atoms with Crippen molar-refractivity contribution in [3.63, 3.8) is 0 Å². The highest BCUT2D eigenvalue weighted by Gasteiger charge is 2.68. The molecule has 2 heterocycles. The van der Waals surface area contributed by atoms with Crippen molar-refractivity contribution in [3.8, 4) is 0 Å². The Labute approximate surface area is 122 Å². The van der Waals surface area contributed by atoms with Gasteiger partial charge in [0.1, 0.15) is 12.1 Å². The molecule has 0 aromatic heterocycles. The maximum atomic E-state index is 12.3. The topological polar surface area (TPSA) is 66.8 Å². The third-order valence-corrected chi connectivity index (χ3v) is 4.45. The van der Waals surface area contributed by atoms with Gasteiger partial charge in [-0.25, -0.2) is 9.59 Å². The van der Waals surface area contributed by atoms with Crippen molar-refractivity contribution in [2.75, 3.05) is 6.61 Å². The monoisotopic (exact) mass is 287 g/mol. The minimum absolute atomic E-state index is 0.0806. The SMILES string of the molecule is C=CCOC(=O)N1C(c2ccccc2)C2CC1(C(=O)O)C2. The van der Waals surface area contributed by atoms with E-state index in [1.807, 2.05) is 30.3 Å². The van der Waals surface area contributed by atoms with Crippen molar-refractivity contribution in [2.45, 2.75) is 24.4 Å². The van der Waals surface area contributed by atoms with Gasteiger partial charge < -0.3 is 9.84 Å². The molecule has 21 heavy (non-hydrogen) atoms. The highest BCUT2D eigenvalue weighted by Crippen LogP contribution is 2.60. The lowest BCUT2D eigenvalue weighted by Gasteiger charge is -2.37. The fraction of sp³-hybridized carbons (Fsp3) is 0.375. The molecular weight excluding hydrogens is 270 g/mol. The second-order valence-electron chi connectivity index (χ2n) is 5.60. The maximum Gasteiger partial charge on any atom is 0.411 e. The van der Waals surface area contributed by atoms with Crippen molar-refractivity contribution in [3.05, 3.63) is 48.6 Å². The van der Waals surface area contributed by atoms with Gasteiger partial charge in [0.05, 0.1) is 6.04 Å². The summed E-state index contributed by atoms with van der Waals surface area (Å²) in [6, 6.07) is 9.32. The number of hydrogen-bond acceptors (Lipinski definition) is 3. The molecule has 5 nitrogen and oxygen atoms in total. The Hall–Kier alpha value is -2.30. The number of fused-ring (bicyclic) bond motifs is 1. The highest BCUT2D eigenvalue weighted by molar-refractivity contribution is 5.87. The van der Waals surface area contributed by atoms with E-state index in [-0.39, 0.29) is 18.6 Å². The standard InChI is InChI=1S/C16H17NO4/c1-2-8-21-15(20)17-13(11-6-4-3-5-7-11)12-9-16(17,10-12)14(18)19/h2-7,12-13H,1,8-10H2,(H,18,19). The summed E-state index contributed by atoms with van der Waals surface area (Å²) in [5.74, 6) is -0.771. The second-order valence-corrected chi connectivity index (χ2v) is 5.60. The first-order valence-corrected chi connectivity index (χ1v) is 6.95. The molecule has 1 aromatic rings. The Morgan fingerprint density at radius 2 is 2.05 bits per heavy atom. The van der Waals surface area contributed by atoms with Crippen LogP contribution < -0.4 is 0 Å². The summed E-state index contributed by atoms with van der Waals surface area (Å²) in [6.45, 7) is 3.59. The molecule has 1 N–H and O–H groups in total. The molecule has 1 aromatic carbocycles. The smallest absolute Gasteiger partial charge is 0.411 e. The number of benzene rings is 1. The van der Waals surface area contributed by atoms with Crippen molar-refractivity contribution in [1.29, 1.82) is 0 Å². The first kappa shape index (κ1) is 13.7. The predicted octanol–water partition coefficient (Wildman–Crippen LogP) is 2.60. The number of amides is 1. The Bertz CT molecular complexity index is 577. The zero-order valence-corrected chi connectivity index (χ0v) is 11.6. The largest absolute Gasteiger partial charge is 0.479 e. The molecule has 1 saturated carbocycles. The van der Waals surface area contributed by atoms with Gasteiger partial charge in [0, 0.05) is 0 Å². The van der Waals surface area contributed by atoms with E-state index in [1.54, 1.807) is 0 Å². The summed E-state index contributed by atoms with van der Waals surface area (Å²) in [5.41, 5.74) is -0.151. The van der Waals surface area contributed by atoms with Gasteiger partial charge in [-0.1, -0.05) is 43.0 Å². The van der Waals surface area contributed by atoms with E-state index >= 15 is 0 Å². The van der Waals surface area contributed by atoms with E-state index in [9.17, 15) is 14.7 Å². The number of carbonyl (C=O) groups is 2. The summed E-state index contributed by atoms with van der Waals surface area (Å²) in [6.07, 6.45) is 1.88. The molecule has 1 unspecified atom stereocenters. The van der Waals surface area contributed by atoms with Gasteiger partial charge in [0.15, 0.2) is 0 Å². The molecule has 5 heteroatoms. The molecule has 2 saturated heterocycles.